The molecule has 0 aromatic heterocycles. The molecular formula is C18H27N3O4. The number of carbonyl (C=O) groups is 1. The minimum Gasteiger partial charge on any atom is -0.396 e. The Bertz CT molecular complexity index is 612. The van der Waals surface area contributed by atoms with Crippen molar-refractivity contribution < 1.29 is 14.8 Å². The first-order chi connectivity index (χ1) is 12.0. The number of nitrogens with one attached hydrogen (secondary N) is 1. The molecule has 1 atom stereocenters. The molecule has 0 radical (unpaired) electrons. The lowest BCUT2D eigenvalue weighted by molar-refractivity contribution is -0.384. The summed E-state index contributed by atoms with van der Waals surface area (Å²) in [7, 11) is 0. The summed E-state index contributed by atoms with van der Waals surface area (Å²) in [6, 6.07) is 4.34. The summed E-state index contributed by atoms with van der Waals surface area (Å²) in [6.07, 6.45) is 3.24. The van der Waals surface area contributed by atoms with Crippen molar-refractivity contribution in [3.8, 4) is 0 Å². The molecule has 25 heavy (non-hydrogen) atoms. The standard InChI is InChI=1S/C18H27N3O4/c1-3-14(8-11-22)19-18(23)16-12-15(21(24)25)4-5-17(16)20-9-6-13(2)7-10-20/h4-5,12-14,22H,3,6-11H2,1-2H3,(H,19,23). The highest BCUT2D eigenvalue weighted by molar-refractivity contribution is 6.00. The maximum Gasteiger partial charge on any atom is 0.270 e. The number of piperidine rings is 1. The number of hydrogen-bond acceptors (Lipinski definition) is 5. The quantitative estimate of drug-likeness (QED) is 0.583. The molecule has 1 aliphatic heterocycles. The van der Waals surface area contributed by atoms with Gasteiger partial charge in [0.05, 0.1) is 16.2 Å². The molecule has 7 nitrogen and oxygen atoms in total. The van der Waals surface area contributed by atoms with Crippen LogP contribution in [0.4, 0.5) is 11.4 Å². The van der Waals surface area contributed by atoms with Gasteiger partial charge in [0.2, 0.25) is 0 Å². The normalized spacial score (nSPS) is 16.5. The van der Waals surface area contributed by atoms with Crippen molar-refractivity contribution >= 4 is 17.3 Å². The van der Waals surface area contributed by atoms with E-state index in [9.17, 15) is 14.9 Å². The van der Waals surface area contributed by atoms with Crippen LogP contribution >= 0.6 is 0 Å². The lowest BCUT2D eigenvalue weighted by atomic mass is 9.97. The van der Waals surface area contributed by atoms with Crippen molar-refractivity contribution in [2.45, 2.75) is 45.6 Å². The monoisotopic (exact) mass is 349 g/mol. The van der Waals surface area contributed by atoms with Gasteiger partial charge in [0.1, 0.15) is 0 Å². The SMILES string of the molecule is CCC(CCO)NC(=O)c1cc([N+](=O)[O-])ccc1N1CCC(C)CC1. The van der Waals surface area contributed by atoms with E-state index in [-0.39, 0.29) is 24.2 Å². The molecule has 0 aliphatic carbocycles. The van der Waals surface area contributed by atoms with Crippen LogP contribution in [0.3, 0.4) is 0 Å². The summed E-state index contributed by atoms with van der Waals surface area (Å²) in [5.74, 6) is 0.332. The smallest absolute Gasteiger partial charge is 0.270 e. The number of hydrogen-bond donors (Lipinski definition) is 2. The molecule has 1 aliphatic rings. The zero-order valence-corrected chi connectivity index (χ0v) is 14.9. The Balaban J connectivity index is 2.29. The Labute approximate surface area is 148 Å². The first kappa shape index (κ1) is 19.2. The van der Waals surface area contributed by atoms with Crippen molar-refractivity contribution in [1.82, 2.24) is 5.32 Å². The summed E-state index contributed by atoms with van der Waals surface area (Å²) in [5.41, 5.74) is 0.989. The van der Waals surface area contributed by atoms with E-state index < -0.39 is 4.92 Å². The van der Waals surface area contributed by atoms with E-state index in [1.165, 1.54) is 12.1 Å². The second kappa shape index (κ2) is 8.80. The summed E-state index contributed by atoms with van der Waals surface area (Å²) in [4.78, 5) is 25.5. The number of carbonyl (C=O) groups excluding carboxylic acids is 1. The Kier molecular flexibility index (Phi) is 6.75. The van der Waals surface area contributed by atoms with Crippen LogP contribution in [0.1, 0.15) is 49.9 Å². The minimum atomic E-state index is -0.482. The molecule has 7 heteroatoms. The van der Waals surface area contributed by atoms with Crippen LogP contribution in [0.25, 0.3) is 0 Å². The summed E-state index contributed by atoms with van der Waals surface area (Å²) < 4.78 is 0. The van der Waals surface area contributed by atoms with Crippen molar-refractivity contribution in [2.75, 3.05) is 24.6 Å². The topological polar surface area (TPSA) is 95.7 Å². The largest absolute Gasteiger partial charge is 0.396 e. The van der Waals surface area contributed by atoms with Crippen LogP contribution in [0.5, 0.6) is 0 Å². The Morgan fingerprint density at radius 3 is 2.68 bits per heavy atom. The Morgan fingerprint density at radius 2 is 2.12 bits per heavy atom. The maximum atomic E-state index is 12.7. The van der Waals surface area contributed by atoms with Crippen molar-refractivity contribution in [3.05, 3.63) is 33.9 Å². The molecule has 1 heterocycles. The number of rotatable bonds is 7. The fourth-order valence-corrected chi connectivity index (χ4v) is 3.14. The van der Waals surface area contributed by atoms with Gasteiger partial charge >= 0.3 is 0 Å². The third-order valence-corrected chi connectivity index (χ3v) is 4.87. The average molecular weight is 349 g/mol. The van der Waals surface area contributed by atoms with Gasteiger partial charge < -0.3 is 15.3 Å². The first-order valence-electron chi connectivity index (χ1n) is 8.91. The van der Waals surface area contributed by atoms with Crippen LogP contribution in [0.15, 0.2) is 18.2 Å². The fourth-order valence-electron chi connectivity index (χ4n) is 3.14. The van der Waals surface area contributed by atoms with Crippen LogP contribution in [0.2, 0.25) is 0 Å². The Morgan fingerprint density at radius 1 is 1.44 bits per heavy atom. The highest BCUT2D eigenvalue weighted by Gasteiger charge is 2.24. The van der Waals surface area contributed by atoms with Gasteiger partial charge in [0.25, 0.3) is 11.6 Å². The molecule has 1 amide bonds. The van der Waals surface area contributed by atoms with Gasteiger partial charge in [-0.25, -0.2) is 0 Å². The molecule has 2 rings (SSSR count). The van der Waals surface area contributed by atoms with E-state index in [0.29, 0.717) is 24.3 Å². The number of benzene rings is 1. The molecule has 2 N–H and O–H groups in total. The van der Waals surface area contributed by atoms with Crippen LogP contribution in [-0.2, 0) is 0 Å². The summed E-state index contributed by atoms with van der Waals surface area (Å²) in [5, 5.41) is 23.1. The first-order valence-corrected chi connectivity index (χ1v) is 8.91. The molecule has 1 fully saturated rings. The average Bonchev–Trinajstić information content (AvgIpc) is 2.61. The molecule has 1 unspecified atom stereocenters. The van der Waals surface area contributed by atoms with Crippen LogP contribution in [-0.4, -0.2) is 41.7 Å². The highest BCUT2D eigenvalue weighted by Crippen LogP contribution is 2.29. The van der Waals surface area contributed by atoms with Gasteiger partial charge in [-0.2, -0.15) is 0 Å². The second-order valence-electron chi connectivity index (χ2n) is 6.72. The molecule has 0 saturated carbocycles. The molecular weight excluding hydrogens is 322 g/mol. The van der Waals surface area contributed by atoms with Crippen molar-refractivity contribution in [2.24, 2.45) is 5.92 Å². The van der Waals surface area contributed by atoms with Gasteiger partial charge in [-0.05, 0) is 37.7 Å². The molecule has 0 bridgehead atoms. The number of amides is 1. The third kappa shape index (κ3) is 4.92. The number of nitrogens with zero attached hydrogens (tertiary/aromatic N) is 2. The summed E-state index contributed by atoms with van der Waals surface area (Å²) in [6.45, 7) is 5.81. The number of nitro benzene ring substituents is 1. The Hall–Kier alpha value is -2.15. The van der Waals surface area contributed by atoms with Gasteiger partial charge in [-0.3, -0.25) is 14.9 Å². The van der Waals surface area contributed by atoms with Crippen molar-refractivity contribution in [3.63, 3.8) is 0 Å². The lowest BCUT2D eigenvalue weighted by Crippen LogP contribution is -2.38. The molecule has 138 valence electrons. The number of non-ortho nitro benzene ring substituents is 1. The van der Waals surface area contributed by atoms with E-state index in [1.807, 2.05) is 6.92 Å². The van der Waals surface area contributed by atoms with E-state index >= 15 is 0 Å². The predicted molar refractivity (Wildman–Crippen MR) is 97.0 cm³/mol. The number of nitro groups is 1. The van der Waals surface area contributed by atoms with E-state index in [1.54, 1.807) is 6.07 Å². The molecule has 0 spiro atoms. The highest BCUT2D eigenvalue weighted by atomic mass is 16.6. The zero-order valence-electron chi connectivity index (χ0n) is 14.9. The van der Waals surface area contributed by atoms with Gasteiger partial charge in [0, 0.05) is 37.9 Å². The van der Waals surface area contributed by atoms with E-state index in [4.69, 9.17) is 5.11 Å². The van der Waals surface area contributed by atoms with Crippen LogP contribution < -0.4 is 10.2 Å². The molecule has 1 saturated heterocycles. The zero-order chi connectivity index (χ0) is 18.4. The maximum absolute atomic E-state index is 12.7. The van der Waals surface area contributed by atoms with Crippen LogP contribution in [0, 0.1) is 16.0 Å². The van der Waals surface area contributed by atoms with Gasteiger partial charge in [-0.1, -0.05) is 13.8 Å². The van der Waals surface area contributed by atoms with E-state index in [2.05, 4.69) is 17.1 Å². The van der Waals surface area contributed by atoms with Gasteiger partial charge in [0.15, 0.2) is 0 Å². The third-order valence-electron chi connectivity index (χ3n) is 4.87. The fraction of sp³-hybridized carbons (Fsp3) is 0.611. The van der Waals surface area contributed by atoms with E-state index in [0.717, 1.165) is 31.6 Å². The lowest BCUT2D eigenvalue weighted by Gasteiger charge is -2.33. The second-order valence-corrected chi connectivity index (χ2v) is 6.72. The number of aliphatic hydroxyl groups is 1. The number of anilines is 1. The van der Waals surface area contributed by atoms with Gasteiger partial charge in [-0.15, -0.1) is 0 Å². The predicted octanol–water partition coefficient (Wildman–Crippen LogP) is 2.72. The molecule has 1 aromatic carbocycles. The number of aliphatic hydroxyl groups excluding tert-OH is 1. The minimum absolute atomic E-state index is 0.00933. The molecule has 1 aromatic rings. The summed E-state index contributed by atoms with van der Waals surface area (Å²) >= 11 is 0. The van der Waals surface area contributed by atoms with Crippen molar-refractivity contribution in [1.29, 1.82) is 0 Å².